The smallest absolute Gasteiger partial charge is 0.437 e. The Hall–Kier alpha value is -3.61. The number of rotatable bonds is 3. The Morgan fingerprint density at radius 2 is 1.56 bits per heavy atom. The molecule has 1 heterocycles. The van der Waals surface area contributed by atoms with Gasteiger partial charge in [0.25, 0.3) is 5.91 Å². The van der Waals surface area contributed by atoms with Gasteiger partial charge in [0.05, 0.1) is 7.11 Å². The Kier molecular flexibility index (Phi) is 7.61. The second-order valence-electron chi connectivity index (χ2n) is 9.98. The number of anilines is 1. The molecule has 0 unspecified atom stereocenters. The number of aromatic nitrogens is 1. The molecule has 0 radical (unpaired) electrons. The summed E-state index contributed by atoms with van der Waals surface area (Å²) in [5.74, 6) is -0.273. The first-order valence-corrected chi connectivity index (χ1v) is 10.7. The molecular weight excluding hydrogens is 432 g/mol. The minimum Gasteiger partial charge on any atom is -0.437 e. The van der Waals surface area contributed by atoms with Crippen LogP contribution in [0.1, 0.15) is 70.5 Å². The van der Waals surface area contributed by atoms with E-state index < -0.39 is 12.1 Å². The number of carbonyl (C=O) groups excluding carboxylic acids is 2. The third-order valence-corrected chi connectivity index (χ3v) is 5.38. The number of amides is 1. The van der Waals surface area contributed by atoms with Gasteiger partial charge in [-0.3, -0.25) is 9.59 Å². The lowest BCUT2D eigenvalue weighted by molar-refractivity contribution is 0.102. The van der Waals surface area contributed by atoms with Gasteiger partial charge in [0.1, 0.15) is 11.3 Å². The standard InChI is InChI=1S/C26H30N2O5.CH4/c1-25(2,3)17-12-18(26(4,5)6)21(33-24(31)32-7)13-20(17)28-23(30)16-14-27-19-11-9-8-10-15(19)22(16)29;/h8-14H,1-7H3,(H,27,29)(H,28,30);1H4. The second kappa shape index (κ2) is 9.71. The molecule has 0 aliphatic heterocycles. The fourth-order valence-electron chi connectivity index (χ4n) is 3.63. The molecule has 0 bridgehead atoms. The van der Waals surface area contributed by atoms with E-state index in [0.29, 0.717) is 16.6 Å². The molecule has 3 aromatic rings. The number of para-hydroxylation sites is 1. The van der Waals surface area contributed by atoms with Gasteiger partial charge in [-0.2, -0.15) is 0 Å². The van der Waals surface area contributed by atoms with Gasteiger partial charge in [-0.15, -0.1) is 0 Å². The Morgan fingerprint density at radius 1 is 0.941 bits per heavy atom. The van der Waals surface area contributed by atoms with Crippen molar-refractivity contribution in [3.05, 3.63) is 69.5 Å². The monoisotopic (exact) mass is 466 g/mol. The number of carbonyl (C=O) groups is 2. The van der Waals surface area contributed by atoms with Crippen LogP contribution in [0.3, 0.4) is 0 Å². The molecule has 0 saturated heterocycles. The lowest BCUT2D eigenvalue weighted by Crippen LogP contribution is -2.25. The van der Waals surface area contributed by atoms with Gasteiger partial charge in [0, 0.05) is 34.4 Å². The number of nitrogens with one attached hydrogen (secondary N) is 2. The summed E-state index contributed by atoms with van der Waals surface area (Å²) in [6, 6.07) is 10.6. The number of aromatic amines is 1. The van der Waals surface area contributed by atoms with Crippen molar-refractivity contribution in [2.75, 3.05) is 12.4 Å². The van der Waals surface area contributed by atoms with Crippen LogP contribution in [0.25, 0.3) is 10.9 Å². The van der Waals surface area contributed by atoms with Crippen molar-refractivity contribution in [3.8, 4) is 5.75 Å². The van der Waals surface area contributed by atoms with E-state index in [2.05, 4.69) is 15.0 Å². The van der Waals surface area contributed by atoms with Crippen molar-refractivity contribution < 1.29 is 19.1 Å². The summed E-state index contributed by atoms with van der Waals surface area (Å²) >= 11 is 0. The Labute approximate surface area is 200 Å². The minimum absolute atomic E-state index is 0. The van der Waals surface area contributed by atoms with Crippen LogP contribution in [0.5, 0.6) is 5.75 Å². The fourth-order valence-corrected chi connectivity index (χ4v) is 3.63. The zero-order chi connectivity index (χ0) is 24.6. The number of hydrogen-bond donors (Lipinski definition) is 2. The zero-order valence-corrected chi connectivity index (χ0v) is 20.1. The highest BCUT2D eigenvalue weighted by molar-refractivity contribution is 6.06. The summed E-state index contributed by atoms with van der Waals surface area (Å²) in [6.45, 7) is 12.1. The van der Waals surface area contributed by atoms with Gasteiger partial charge in [0.2, 0.25) is 5.43 Å². The van der Waals surface area contributed by atoms with Crippen LogP contribution >= 0.6 is 0 Å². The van der Waals surface area contributed by atoms with Gasteiger partial charge in [-0.25, -0.2) is 4.79 Å². The zero-order valence-electron chi connectivity index (χ0n) is 20.1. The quantitative estimate of drug-likeness (QED) is 0.356. The molecule has 0 saturated carbocycles. The van der Waals surface area contributed by atoms with Crippen LogP contribution in [0.2, 0.25) is 0 Å². The van der Waals surface area contributed by atoms with Crippen LogP contribution in [-0.4, -0.2) is 24.2 Å². The maximum absolute atomic E-state index is 13.2. The van der Waals surface area contributed by atoms with Crippen molar-refractivity contribution >= 4 is 28.7 Å². The van der Waals surface area contributed by atoms with E-state index in [1.54, 1.807) is 24.3 Å². The SMILES string of the molecule is C.COC(=O)Oc1cc(NC(=O)c2c[nH]c3ccccc3c2=O)c(C(C)(C)C)cc1C(C)(C)C. The predicted octanol–water partition coefficient (Wildman–Crippen LogP) is 6.16. The van der Waals surface area contributed by atoms with Crippen LogP contribution in [0, 0.1) is 0 Å². The number of hydrogen-bond acceptors (Lipinski definition) is 5. The lowest BCUT2D eigenvalue weighted by atomic mass is 9.79. The van der Waals surface area contributed by atoms with Crippen molar-refractivity contribution in [2.45, 2.75) is 59.8 Å². The van der Waals surface area contributed by atoms with E-state index in [4.69, 9.17) is 4.74 Å². The van der Waals surface area contributed by atoms with Crippen molar-refractivity contribution in [3.63, 3.8) is 0 Å². The third kappa shape index (κ3) is 5.47. The molecule has 3 rings (SSSR count). The van der Waals surface area contributed by atoms with Crippen LogP contribution in [0.15, 0.2) is 47.4 Å². The molecule has 7 heteroatoms. The average molecular weight is 467 g/mol. The maximum atomic E-state index is 13.2. The first kappa shape index (κ1) is 26.6. The molecule has 7 nitrogen and oxygen atoms in total. The molecule has 0 fully saturated rings. The van der Waals surface area contributed by atoms with Gasteiger partial charge >= 0.3 is 6.16 Å². The topological polar surface area (TPSA) is 97.5 Å². The molecule has 2 N–H and O–H groups in total. The Bertz CT molecular complexity index is 1280. The summed E-state index contributed by atoms with van der Waals surface area (Å²) in [7, 11) is 1.23. The molecule has 2 aromatic carbocycles. The van der Waals surface area contributed by atoms with Gasteiger partial charge in [0.15, 0.2) is 0 Å². The van der Waals surface area contributed by atoms with E-state index in [-0.39, 0.29) is 35.0 Å². The highest BCUT2D eigenvalue weighted by Crippen LogP contribution is 2.40. The van der Waals surface area contributed by atoms with Crippen LogP contribution in [0.4, 0.5) is 10.5 Å². The van der Waals surface area contributed by atoms with Crippen molar-refractivity contribution in [2.24, 2.45) is 0 Å². The highest BCUT2D eigenvalue weighted by Gasteiger charge is 2.28. The summed E-state index contributed by atoms with van der Waals surface area (Å²) in [5, 5.41) is 3.29. The predicted molar refractivity (Wildman–Crippen MR) is 136 cm³/mol. The number of methoxy groups -OCH3 is 1. The summed E-state index contributed by atoms with van der Waals surface area (Å²) < 4.78 is 10.1. The van der Waals surface area contributed by atoms with Crippen molar-refractivity contribution in [1.82, 2.24) is 4.98 Å². The number of ether oxygens (including phenoxy) is 2. The molecule has 0 aliphatic carbocycles. The summed E-state index contributed by atoms with van der Waals surface area (Å²) in [6.07, 6.45) is 0.554. The molecular formula is C27H34N2O5. The lowest BCUT2D eigenvalue weighted by Gasteiger charge is -2.29. The van der Waals surface area contributed by atoms with Crippen LogP contribution in [-0.2, 0) is 15.6 Å². The van der Waals surface area contributed by atoms with E-state index in [1.165, 1.54) is 13.3 Å². The van der Waals surface area contributed by atoms with Gasteiger partial charge in [-0.05, 0) is 34.6 Å². The molecule has 34 heavy (non-hydrogen) atoms. The first-order valence-electron chi connectivity index (χ1n) is 10.7. The van der Waals surface area contributed by atoms with E-state index in [0.717, 1.165) is 11.1 Å². The maximum Gasteiger partial charge on any atom is 0.513 e. The molecule has 0 spiro atoms. The largest absolute Gasteiger partial charge is 0.513 e. The third-order valence-electron chi connectivity index (χ3n) is 5.38. The van der Waals surface area contributed by atoms with Gasteiger partial charge < -0.3 is 19.8 Å². The van der Waals surface area contributed by atoms with Crippen LogP contribution < -0.4 is 15.5 Å². The molecule has 1 amide bonds. The molecule has 1 aromatic heterocycles. The minimum atomic E-state index is -0.854. The summed E-state index contributed by atoms with van der Waals surface area (Å²) in [4.78, 5) is 41.0. The van der Waals surface area contributed by atoms with E-state index >= 15 is 0 Å². The summed E-state index contributed by atoms with van der Waals surface area (Å²) in [5.41, 5.74) is 1.67. The van der Waals surface area contributed by atoms with Gasteiger partial charge in [-0.1, -0.05) is 61.1 Å². The number of pyridine rings is 1. The number of H-pyrrole nitrogens is 1. The molecule has 0 atom stereocenters. The highest BCUT2D eigenvalue weighted by atomic mass is 16.7. The van der Waals surface area contributed by atoms with Crippen molar-refractivity contribution in [1.29, 1.82) is 0 Å². The second-order valence-corrected chi connectivity index (χ2v) is 9.98. The first-order chi connectivity index (χ1) is 15.3. The Balaban J connectivity index is 0.00000408. The number of fused-ring (bicyclic) bond motifs is 1. The average Bonchev–Trinajstić information content (AvgIpc) is 2.72. The van der Waals surface area contributed by atoms with E-state index in [9.17, 15) is 14.4 Å². The fraction of sp³-hybridized carbons (Fsp3) is 0.370. The molecule has 0 aliphatic rings. The normalized spacial score (nSPS) is 11.5. The number of benzene rings is 2. The molecule has 182 valence electrons. The Morgan fingerprint density at radius 3 is 2.15 bits per heavy atom. The van der Waals surface area contributed by atoms with E-state index in [1.807, 2.05) is 53.7 Å².